The second-order valence-corrected chi connectivity index (χ2v) is 8.02. The molecule has 1 aromatic carbocycles. The molecule has 0 radical (unpaired) electrons. The van der Waals surface area contributed by atoms with Gasteiger partial charge in [0, 0.05) is 24.0 Å². The van der Waals surface area contributed by atoms with Crippen LogP contribution in [0.15, 0.2) is 40.1 Å². The summed E-state index contributed by atoms with van der Waals surface area (Å²) in [6.07, 6.45) is 1.56. The number of nitrogens with zero attached hydrogens (tertiary/aromatic N) is 1. The topological polar surface area (TPSA) is 62.6 Å². The lowest BCUT2D eigenvalue weighted by atomic mass is 9.97. The van der Waals surface area contributed by atoms with Crippen LogP contribution in [-0.2, 0) is 11.3 Å². The van der Waals surface area contributed by atoms with E-state index in [-0.39, 0.29) is 30.1 Å². The molecule has 28 heavy (non-hydrogen) atoms. The number of halogens is 1. The molecule has 5 nitrogen and oxygen atoms in total. The number of fused-ring (bicyclic) bond motifs is 1. The van der Waals surface area contributed by atoms with Crippen LogP contribution >= 0.6 is 11.3 Å². The van der Waals surface area contributed by atoms with Crippen molar-refractivity contribution < 1.29 is 18.4 Å². The molecule has 0 saturated carbocycles. The SMILES string of the molecule is Cc1c(CNC(=O)C2CCCN(C(=O)c3cccs3)C2)oc2ccc(F)cc12. The van der Waals surface area contributed by atoms with Gasteiger partial charge >= 0.3 is 0 Å². The number of nitrogens with one attached hydrogen (secondary N) is 1. The molecule has 0 aliphatic carbocycles. The van der Waals surface area contributed by atoms with Crippen LogP contribution in [0.3, 0.4) is 0 Å². The molecule has 3 aromatic rings. The van der Waals surface area contributed by atoms with Gasteiger partial charge < -0.3 is 14.6 Å². The van der Waals surface area contributed by atoms with Gasteiger partial charge in [-0.25, -0.2) is 4.39 Å². The lowest BCUT2D eigenvalue weighted by Gasteiger charge is -2.31. The first-order chi connectivity index (χ1) is 13.5. The molecule has 1 atom stereocenters. The average Bonchev–Trinajstić information content (AvgIpc) is 3.35. The number of amides is 2. The summed E-state index contributed by atoms with van der Waals surface area (Å²) in [6, 6.07) is 8.05. The Labute approximate surface area is 166 Å². The predicted octanol–water partition coefficient (Wildman–Crippen LogP) is 4.11. The fraction of sp³-hybridized carbons (Fsp3) is 0.333. The van der Waals surface area contributed by atoms with Crippen molar-refractivity contribution in [1.82, 2.24) is 10.2 Å². The van der Waals surface area contributed by atoms with E-state index in [1.165, 1.54) is 23.5 Å². The van der Waals surface area contributed by atoms with E-state index in [9.17, 15) is 14.0 Å². The molecule has 2 aromatic heterocycles. The Morgan fingerprint density at radius 1 is 1.36 bits per heavy atom. The lowest BCUT2D eigenvalue weighted by molar-refractivity contribution is -0.126. The molecule has 3 heterocycles. The Bertz CT molecular complexity index is 1010. The summed E-state index contributed by atoms with van der Waals surface area (Å²) in [7, 11) is 0. The number of carbonyl (C=O) groups is 2. The maximum absolute atomic E-state index is 13.4. The van der Waals surface area contributed by atoms with Crippen molar-refractivity contribution in [3.05, 3.63) is 57.7 Å². The van der Waals surface area contributed by atoms with Gasteiger partial charge in [-0.3, -0.25) is 9.59 Å². The third kappa shape index (κ3) is 3.67. The summed E-state index contributed by atoms with van der Waals surface area (Å²) in [5.41, 5.74) is 1.43. The molecule has 2 amide bonds. The van der Waals surface area contributed by atoms with Crippen LogP contribution < -0.4 is 5.32 Å². The maximum atomic E-state index is 13.4. The van der Waals surface area contributed by atoms with E-state index in [1.807, 2.05) is 24.4 Å². The van der Waals surface area contributed by atoms with E-state index in [0.29, 0.717) is 29.3 Å². The molecular weight excluding hydrogens is 379 g/mol. The molecule has 1 fully saturated rings. The minimum atomic E-state index is -0.315. The standard InChI is InChI=1S/C21H21FN2O3S/c1-13-16-10-15(22)6-7-17(16)27-18(13)11-23-20(25)14-4-2-8-24(12-14)21(26)19-5-3-9-28-19/h3,5-7,9-10,14H,2,4,8,11-12H2,1H3,(H,23,25). The molecule has 4 rings (SSSR count). The number of piperidine rings is 1. The third-order valence-electron chi connectivity index (χ3n) is 5.23. The van der Waals surface area contributed by atoms with Crippen molar-refractivity contribution >= 4 is 34.1 Å². The normalized spacial score (nSPS) is 17.1. The van der Waals surface area contributed by atoms with Gasteiger partial charge in [-0.15, -0.1) is 11.3 Å². The zero-order chi connectivity index (χ0) is 19.7. The van der Waals surface area contributed by atoms with Crippen molar-refractivity contribution in [3.63, 3.8) is 0 Å². The average molecular weight is 400 g/mol. The van der Waals surface area contributed by atoms with Gasteiger partial charge in [0.1, 0.15) is 17.2 Å². The fourth-order valence-corrected chi connectivity index (χ4v) is 4.35. The lowest BCUT2D eigenvalue weighted by Crippen LogP contribution is -2.45. The molecule has 1 aliphatic rings. The maximum Gasteiger partial charge on any atom is 0.263 e. The second-order valence-electron chi connectivity index (χ2n) is 7.08. The molecular formula is C21H21FN2O3S. The summed E-state index contributed by atoms with van der Waals surface area (Å²) in [6.45, 7) is 3.20. The Morgan fingerprint density at radius 2 is 2.21 bits per heavy atom. The number of likely N-dealkylation sites (tertiary alicyclic amines) is 1. The summed E-state index contributed by atoms with van der Waals surface area (Å²) in [5.74, 6) is -0.0295. The van der Waals surface area contributed by atoms with Crippen molar-refractivity contribution in [2.75, 3.05) is 13.1 Å². The van der Waals surface area contributed by atoms with E-state index < -0.39 is 0 Å². The Morgan fingerprint density at radius 3 is 3.00 bits per heavy atom. The highest BCUT2D eigenvalue weighted by atomic mass is 32.1. The van der Waals surface area contributed by atoms with E-state index in [1.54, 1.807) is 11.0 Å². The molecule has 1 N–H and O–H groups in total. The van der Waals surface area contributed by atoms with Gasteiger partial charge in [-0.05, 0) is 49.4 Å². The van der Waals surface area contributed by atoms with Crippen LogP contribution in [-0.4, -0.2) is 29.8 Å². The van der Waals surface area contributed by atoms with E-state index in [4.69, 9.17) is 4.42 Å². The van der Waals surface area contributed by atoms with Crippen LogP contribution in [0.1, 0.15) is 33.8 Å². The largest absolute Gasteiger partial charge is 0.459 e. The zero-order valence-corrected chi connectivity index (χ0v) is 16.4. The first kappa shape index (κ1) is 18.7. The van der Waals surface area contributed by atoms with Crippen molar-refractivity contribution in [2.45, 2.75) is 26.3 Å². The van der Waals surface area contributed by atoms with Crippen LogP contribution in [0, 0.1) is 18.7 Å². The smallest absolute Gasteiger partial charge is 0.263 e. The van der Waals surface area contributed by atoms with Crippen LogP contribution in [0.2, 0.25) is 0 Å². The quantitative estimate of drug-likeness (QED) is 0.717. The number of thiophene rings is 1. The Kier molecular flexibility index (Phi) is 5.17. The van der Waals surface area contributed by atoms with Crippen molar-refractivity contribution in [3.8, 4) is 0 Å². The number of rotatable bonds is 4. The number of hydrogen-bond acceptors (Lipinski definition) is 4. The summed E-state index contributed by atoms with van der Waals surface area (Å²) in [5, 5.41) is 5.51. The predicted molar refractivity (Wildman–Crippen MR) is 106 cm³/mol. The highest BCUT2D eigenvalue weighted by molar-refractivity contribution is 7.12. The molecule has 1 unspecified atom stereocenters. The molecule has 7 heteroatoms. The van der Waals surface area contributed by atoms with Crippen molar-refractivity contribution in [1.29, 1.82) is 0 Å². The monoisotopic (exact) mass is 400 g/mol. The summed E-state index contributed by atoms with van der Waals surface area (Å²) < 4.78 is 19.2. The van der Waals surface area contributed by atoms with E-state index in [0.717, 1.165) is 23.8 Å². The molecule has 1 aliphatic heterocycles. The van der Waals surface area contributed by atoms with Crippen LogP contribution in [0.4, 0.5) is 4.39 Å². The van der Waals surface area contributed by atoms with Crippen molar-refractivity contribution in [2.24, 2.45) is 5.92 Å². The van der Waals surface area contributed by atoms with E-state index in [2.05, 4.69) is 5.32 Å². The van der Waals surface area contributed by atoms with Crippen LogP contribution in [0.5, 0.6) is 0 Å². The number of hydrogen-bond donors (Lipinski definition) is 1. The number of furan rings is 1. The first-order valence-corrected chi connectivity index (χ1v) is 10.2. The fourth-order valence-electron chi connectivity index (χ4n) is 3.66. The van der Waals surface area contributed by atoms with Gasteiger partial charge in [0.25, 0.3) is 5.91 Å². The van der Waals surface area contributed by atoms with Gasteiger partial charge in [0.15, 0.2) is 0 Å². The Balaban J connectivity index is 1.40. The minimum Gasteiger partial charge on any atom is -0.459 e. The Hall–Kier alpha value is -2.67. The van der Waals surface area contributed by atoms with Gasteiger partial charge in [-0.1, -0.05) is 6.07 Å². The molecule has 0 bridgehead atoms. The molecule has 146 valence electrons. The van der Waals surface area contributed by atoms with Gasteiger partial charge in [0.2, 0.25) is 5.91 Å². The number of benzene rings is 1. The third-order valence-corrected chi connectivity index (χ3v) is 6.09. The summed E-state index contributed by atoms with van der Waals surface area (Å²) >= 11 is 1.42. The van der Waals surface area contributed by atoms with Gasteiger partial charge in [-0.2, -0.15) is 0 Å². The van der Waals surface area contributed by atoms with Crippen LogP contribution in [0.25, 0.3) is 11.0 Å². The number of carbonyl (C=O) groups excluding carboxylic acids is 2. The van der Waals surface area contributed by atoms with E-state index >= 15 is 0 Å². The number of aryl methyl sites for hydroxylation is 1. The minimum absolute atomic E-state index is 0.0114. The summed E-state index contributed by atoms with van der Waals surface area (Å²) in [4.78, 5) is 27.7. The molecule has 1 saturated heterocycles. The van der Waals surface area contributed by atoms with Gasteiger partial charge in [0.05, 0.1) is 17.3 Å². The molecule has 0 spiro atoms. The first-order valence-electron chi connectivity index (χ1n) is 9.31. The highest BCUT2D eigenvalue weighted by Crippen LogP contribution is 2.26. The zero-order valence-electron chi connectivity index (χ0n) is 15.5. The second kappa shape index (κ2) is 7.75. The highest BCUT2D eigenvalue weighted by Gasteiger charge is 2.29.